The Morgan fingerprint density at radius 3 is 2.18 bits per heavy atom. The van der Waals surface area contributed by atoms with E-state index >= 15 is 0 Å². The Bertz CT molecular complexity index is 1970. The summed E-state index contributed by atoms with van der Waals surface area (Å²) < 4.78 is 4.12. The molecule has 0 amide bonds. The summed E-state index contributed by atoms with van der Waals surface area (Å²) in [5.41, 5.74) is 5.84. The predicted octanol–water partition coefficient (Wildman–Crippen LogP) is 8.39. The molecule has 0 saturated carbocycles. The van der Waals surface area contributed by atoms with E-state index in [9.17, 15) is 5.11 Å². The summed E-state index contributed by atoms with van der Waals surface area (Å²) in [5.74, 6) is 1.82. The van der Waals surface area contributed by atoms with Crippen molar-refractivity contribution in [3.8, 4) is 39.9 Å². The molecule has 2 aromatic heterocycles. The average Bonchev–Trinajstić information content (AvgIpc) is 3.73. The van der Waals surface area contributed by atoms with E-state index in [1.165, 1.54) is 0 Å². The normalized spacial score (nSPS) is 11.2. The molecule has 0 aliphatic heterocycles. The number of phenols is 1. The van der Waals surface area contributed by atoms with Crippen molar-refractivity contribution in [1.82, 2.24) is 19.1 Å². The Labute approximate surface area is 271 Å². The maximum absolute atomic E-state index is 11.4. The second-order valence-corrected chi connectivity index (χ2v) is 10.4. The number of phenolic OH excluding ortho intramolecular Hbond substituents is 1. The molecule has 2 heterocycles. The molecule has 1 N–H and O–H groups in total. The maximum atomic E-state index is 11.4. The third kappa shape index (κ3) is 5.92. The number of rotatable bonds is 8. The fraction of sp³-hybridized carbons (Fsp3) is 0.0526. The molecule has 0 aliphatic carbocycles. The van der Waals surface area contributed by atoms with Crippen LogP contribution in [0.4, 0.5) is 0 Å². The van der Waals surface area contributed by atoms with Crippen LogP contribution in [0, 0.1) is 6.07 Å². The summed E-state index contributed by atoms with van der Waals surface area (Å²) in [5, 5.41) is 13.2. The topological polar surface area (TPSA) is 55.9 Å². The van der Waals surface area contributed by atoms with Gasteiger partial charge in [-0.25, -0.2) is 4.98 Å². The number of para-hydroxylation sites is 2. The molecular formula is C38H29N4OPt-. The first kappa shape index (κ1) is 29.1. The van der Waals surface area contributed by atoms with Crippen molar-refractivity contribution in [2.75, 3.05) is 0 Å². The van der Waals surface area contributed by atoms with Gasteiger partial charge in [0.1, 0.15) is 11.6 Å². The number of allylic oxidation sites excluding steroid dienone is 2. The third-order valence-corrected chi connectivity index (χ3v) is 7.56. The minimum atomic E-state index is 0. The third-order valence-electron chi connectivity index (χ3n) is 7.56. The molecule has 7 rings (SSSR count). The number of hydrogen-bond donors (Lipinski definition) is 1. The van der Waals surface area contributed by atoms with E-state index < -0.39 is 0 Å². The van der Waals surface area contributed by atoms with Crippen LogP contribution in [0.25, 0.3) is 44.9 Å². The van der Waals surface area contributed by atoms with E-state index in [0.717, 1.165) is 51.2 Å². The quantitative estimate of drug-likeness (QED) is 0.125. The molecule has 5 aromatic carbocycles. The van der Waals surface area contributed by atoms with Crippen LogP contribution in [0.2, 0.25) is 0 Å². The molecule has 0 unspecified atom stereocenters. The van der Waals surface area contributed by atoms with Gasteiger partial charge in [-0.2, -0.15) is 0 Å². The summed E-state index contributed by atoms with van der Waals surface area (Å²) >= 11 is 0. The van der Waals surface area contributed by atoms with E-state index in [1.54, 1.807) is 6.20 Å². The molecule has 7 aromatic rings. The van der Waals surface area contributed by atoms with E-state index in [1.807, 2.05) is 95.7 Å². The standard InChI is InChI=1S/C38H29N4O.Pt/c43-36-34(38-39-24-25-41(38)32-16-6-2-7-17-32)23-22-29-21-20-28(26-35(29)36)12-10-11-15-31-27-42(33-18-8-3-9-19-33)37(40-31)30-13-4-1-5-14-30;/h1-11,13,16-27,43H,12,15H2;/q-1;/b11-10-;. The monoisotopic (exact) mass is 752 g/mol. The molecule has 0 aliphatic rings. The van der Waals surface area contributed by atoms with Gasteiger partial charge in [0.05, 0.1) is 17.1 Å². The maximum Gasteiger partial charge on any atom is 0.148 e. The van der Waals surface area contributed by atoms with Crippen LogP contribution >= 0.6 is 0 Å². The van der Waals surface area contributed by atoms with Crippen molar-refractivity contribution in [1.29, 1.82) is 0 Å². The zero-order chi connectivity index (χ0) is 29.0. The Kier molecular flexibility index (Phi) is 8.67. The van der Waals surface area contributed by atoms with Crippen molar-refractivity contribution in [2.45, 2.75) is 12.8 Å². The van der Waals surface area contributed by atoms with Gasteiger partial charge in [0.2, 0.25) is 0 Å². The molecule has 6 heteroatoms. The van der Waals surface area contributed by atoms with Gasteiger partial charge in [0.15, 0.2) is 0 Å². The largest absolute Gasteiger partial charge is 0.507 e. The molecule has 0 saturated heterocycles. The first-order chi connectivity index (χ1) is 21.2. The number of benzene rings is 5. The van der Waals surface area contributed by atoms with Gasteiger partial charge in [-0.3, -0.25) is 9.55 Å². The van der Waals surface area contributed by atoms with Crippen molar-refractivity contribution in [2.24, 2.45) is 0 Å². The van der Waals surface area contributed by atoms with Crippen LogP contribution in [0.15, 0.2) is 146 Å². The molecule has 0 atom stereocenters. The van der Waals surface area contributed by atoms with Crippen molar-refractivity contribution >= 4 is 10.8 Å². The smallest absolute Gasteiger partial charge is 0.148 e. The minimum Gasteiger partial charge on any atom is -0.507 e. The molecule has 218 valence electrons. The number of hydrogen-bond acceptors (Lipinski definition) is 3. The zero-order valence-corrected chi connectivity index (χ0v) is 26.1. The minimum absolute atomic E-state index is 0. The molecule has 0 spiro atoms. The van der Waals surface area contributed by atoms with Crippen LogP contribution in [0.1, 0.15) is 11.3 Å². The van der Waals surface area contributed by atoms with Crippen molar-refractivity contribution in [3.05, 3.63) is 163 Å². The Balaban J connectivity index is 0.00000343. The zero-order valence-electron chi connectivity index (χ0n) is 23.8. The molecule has 0 bridgehead atoms. The number of fused-ring (bicyclic) bond motifs is 1. The van der Waals surface area contributed by atoms with Crippen LogP contribution in [-0.4, -0.2) is 24.2 Å². The summed E-state index contributed by atoms with van der Waals surface area (Å²) in [6.45, 7) is 0. The van der Waals surface area contributed by atoms with Crippen molar-refractivity contribution < 1.29 is 26.2 Å². The predicted molar refractivity (Wildman–Crippen MR) is 173 cm³/mol. The van der Waals surface area contributed by atoms with Gasteiger partial charge in [0, 0.05) is 62.8 Å². The number of imidazole rings is 2. The first-order valence-corrected chi connectivity index (χ1v) is 14.3. The van der Waals surface area contributed by atoms with Crippen LogP contribution in [-0.2, 0) is 33.9 Å². The van der Waals surface area contributed by atoms with Crippen LogP contribution in [0.5, 0.6) is 5.75 Å². The molecule has 44 heavy (non-hydrogen) atoms. The van der Waals surface area contributed by atoms with Crippen LogP contribution < -0.4 is 0 Å². The summed E-state index contributed by atoms with van der Waals surface area (Å²) in [6.07, 6.45) is 11.6. The molecule has 5 nitrogen and oxygen atoms in total. The number of aromatic hydroxyl groups is 1. The Morgan fingerprint density at radius 1 is 0.727 bits per heavy atom. The van der Waals surface area contributed by atoms with Gasteiger partial charge in [-0.15, -0.1) is 35.9 Å². The summed E-state index contributed by atoms with van der Waals surface area (Å²) in [4.78, 5) is 9.53. The molecular weight excluding hydrogens is 724 g/mol. The number of nitrogens with zero attached hydrogens (tertiary/aromatic N) is 4. The Morgan fingerprint density at radius 2 is 1.43 bits per heavy atom. The van der Waals surface area contributed by atoms with Gasteiger partial charge < -0.3 is 9.67 Å². The molecule has 0 fully saturated rings. The van der Waals surface area contributed by atoms with E-state index in [2.05, 4.69) is 64.3 Å². The first-order valence-electron chi connectivity index (χ1n) is 14.3. The summed E-state index contributed by atoms with van der Waals surface area (Å²) in [6, 6.07) is 41.8. The van der Waals surface area contributed by atoms with Gasteiger partial charge >= 0.3 is 0 Å². The number of aromatic nitrogens is 4. The fourth-order valence-electron chi connectivity index (χ4n) is 5.42. The van der Waals surface area contributed by atoms with Gasteiger partial charge in [-0.1, -0.05) is 66.7 Å². The van der Waals surface area contributed by atoms with E-state index in [0.29, 0.717) is 17.8 Å². The fourth-order valence-corrected chi connectivity index (χ4v) is 5.42. The van der Waals surface area contributed by atoms with E-state index in [-0.39, 0.29) is 26.8 Å². The van der Waals surface area contributed by atoms with Crippen molar-refractivity contribution in [3.63, 3.8) is 0 Å². The SMILES string of the molecule is Oc1c(-c2nccn2-c2ccccc2)ccc2ccc(C/C=C\Cc3cn(-c4ccccc4)c(-c4[c-]cccc4)n3)cc12.[Pt]. The average molecular weight is 753 g/mol. The molecule has 0 radical (unpaired) electrons. The van der Waals surface area contributed by atoms with Crippen LogP contribution in [0.3, 0.4) is 0 Å². The van der Waals surface area contributed by atoms with Gasteiger partial charge in [-0.05, 0) is 53.8 Å². The van der Waals surface area contributed by atoms with E-state index in [4.69, 9.17) is 4.98 Å². The van der Waals surface area contributed by atoms with Gasteiger partial charge in [0.25, 0.3) is 0 Å². The summed E-state index contributed by atoms with van der Waals surface area (Å²) in [7, 11) is 0. The Hall–Kier alpha value is -4.99. The second-order valence-electron chi connectivity index (χ2n) is 10.4. The second kappa shape index (κ2) is 13.1.